The van der Waals surface area contributed by atoms with E-state index in [9.17, 15) is 0 Å². The molecule has 3 nitrogen and oxygen atoms in total. The highest BCUT2D eigenvalue weighted by Crippen LogP contribution is 2.15. The van der Waals surface area contributed by atoms with E-state index in [2.05, 4.69) is 23.3 Å². The average molecular weight is 189 g/mol. The minimum absolute atomic E-state index is 0.212. The smallest absolute Gasteiger partial charge is 0.0679 e. The summed E-state index contributed by atoms with van der Waals surface area (Å²) in [5.74, 6) is 0. The number of nitrogens with two attached hydrogens (primary N) is 1. The van der Waals surface area contributed by atoms with Gasteiger partial charge in [-0.05, 0) is 31.0 Å². The summed E-state index contributed by atoms with van der Waals surface area (Å²) < 4.78 is 1.88. The maximum atomic E-state index is 5.75. The highest BCUT2D eigenvalue weighted by atomic mass is 15.2. The molecule has 0 aliphatic carbocycles. The molecule has 0 aliphatic rings. The molecule has 2 N–H and O–H groups in total. The predicted molar refractivity (Wildman–Crippen MR) is 58.1 cm³/mol. The third-order valence-corrected chi connectivity index (χ3v) is 2.37. The lowest BCUT2D eigenvalue weighted by Gasteiger charge is -2.04. The maximum absolute atomic E-state index is 5.75. The Hall–Kier alpha value is -1.35. The van der Waals surface area contributed by atoms with Crippen molar-refractivity contribution in [2.45, 2.75) is 19.4 Å². The minimum atomic E-state index is 0.212. The van der Waals surface area contributed by atoms with Crippen LogP contribution in [-0.4, -0.2) is 15.8 Å². The molecule has 3 heteroatoms. The van der Waals surface area contributed by atoms with Crippen LogP contribution in [0.3, 0.4) is 0 Å². The van der Waals surface area contributed by atoms with Crippen molar-refractivity contribution in [3.05, 3.63) is 30.0 Å². The van der Waals surface area contributed by atoms with Gasteiger partial charge in [0, 0.05) is 18.5 Å². The van der Waals surface area contributed by atoms with E-state index >= 15 is 0 Å². The van der Waals surface area contributed by atoms with Crippen LogP contribution in [0.25, 0.3) is 10.9 Å². The van der Waals surface area contributed by atoms with Gasteiger partial charge >= 0.3 is 0 Å². The largest absolute Gasteiger partial charge is 0.328 e. The number of aromatic nitrogens is 2. The number of hydrogen-bond acceptors (Lipinski definition) is 2. The van der Waals surface area contributed by atoms with E-state index in [1.165, 1.54) is 16.5 Å². The van der Waals surface area contributed by atoms with Crippen molar-refractivity contribution in [3.63, 3.8) is 0 Å². The van der Waals surface area contributed by atoms with Crippen LogP contribution in [-0.2, 0) is 13.5 Å². The van der Waals surface area contributed by atoms with Crippen LogP contribution in [0, 0.1) is 0 Å². The second-order valence-electron chi connectivity index (χ2n) is 3.84. The summed E-state index contributed by atoms with van der Waals surface area (Å²) in [4.78, 5) is 0. The fraction of sp³-hybridized carbons (Fsp3) is 0.364. The molecule has 0 spiro atoms. The molecule has 1 aromatic carbocycles. The van der Waals surface area contributed by atoms with E-state index in [-0.39, 0.29) is 6.04 Å². The number of aryl methyl sites for hydroxylation is 1. The molecule has 0 fully saturated rings. The summed E-state index contributed by atoms with van der Waals surface area (Å²) in [5.41, 5.74) is 8.20. The number of hydrogen-bond donors (Lipinski definition) is 1. The van der Waals surface area contributed by atoms with Gasteiger partial charge in [0.15, 0.2) is 0 Å². The predicted octanol–water partition coefficient (Wildman–Crippen LogP) is 1.46. The number of rotatable bonds is 2. The van der Waals surface area contributed by atoms with Crippen molar-refractivity contribution < 1.29 is 0 Å². The molecular weight excluding hydrogens is 174 g/mol. The first kappa shape index (κ1) is 9.21. The van der Waals surface area contributed by atoms with Crippen molar-refractivity contribution in [3.8, 4) is 0 Å². The molecule has 0 saturated heterocycles. The molecule has 1 aromatic heterocycles. The molecule has 14 heavy (non-hydrogen) atoms. The maximum Gasteiger partial charge on any atom is 0.0679 e. The lowest BCUT2D eigenvalue weighted by atomic mass is 10.1. The van der Waals surface area contributed by atoms with Crippen molar-refractivity contribution in [1.82, 2.24) is 9.78 Å². The van der Waals surface area contributed by atoms with E-state index in [0.29, 0.717) is 0 Å². The Morgan fingerprint density at radius 1 is 1.50 bits per heavy atom. The standard InChI is InChI=1S/C11H15N3/c1-8(12)5-9-3-4-11-10(6-9)7-13-14(11)2/h3-4,6-8H,5,12H2,1-2H3. The summed E-state index contributed by atoms with van der Waals surface area (Å²) in [7, 11) is 1.95. The number of fused-ring (bicyclic) bond motifs is 1. The lowest BCUT2D eigenvalue weighted by molar-refractivity contribution is 0.738. The van der Waals surface area contributed by atoms with Crippen LogP contribution in [0.5, 0.6) is 0 Å². The monoisotopic (exact) mass is 189 g/mol. The first-order chi connectivity index (χ1) is 6.66. The molecule has 1 atom stereocenters. The van der Waals surface area contributed by atoms with Gasteiger partial charge in [-0.25, -0.2) is 0 Å². The van der Waals surface area contributed by atoms with E-state index in [0.717, 1.165) is 6.42 Å². The first-order valence-corrected chi connectivity index (χ1v) is 4.83. The molecule has 74 valence electrons. The summed E-state index contributed by atoms with van der Waals surface area (Å²) in [6, 6.07) is 6.59. The van der Waals surface area contributed by atoms with Crippen LogP contribution >= 0.6 is 0 Å². The summed E-state index contributed by atoms with van der Waals surface area (Å²) in [6.45, 7) is 2.02. The molecule has 0 radical (unpaired) electrons. The van der Waals surface area contributed by atoms with Crippen LogP contribution in [0.2, 0.25) is 0 Å². The van der Waals surface area contributed by atoms with E-state index in [4.69, 9.17) is 5.73 Å². The fourth-order valence-corrected chi connectivity index (χ4v) is 1.71. The van der Waals surface area contributed by atoms with Gasteiger partial charge in [-0.3, -0.25) is 4.68 Å². The third-order valence-electron chi connectivity index (χ3n) is 2.37. The summed E-state index contributed by atoms with van der Waals surface area (Å²) in [5, 5.41) is 5.39. The Labute approximate surface area is 83.5 Å². The molecule has 0 bridgehead atoms. The summed E-state index contributed by atoms with van der Waals surface area (Å²) in [6.07, 6.45) is 2.81. The SMILES string of the molecule is CC(N)Cc1ccc2c(cnn2C)c1. The molecule has 2 aromatic rings. The normalized spacial score (nSPS) is 13.4. The molecule has 1 heterocycles. The molecule has 0 aliphatic heterocycles. The zero-order valence-electron chi connectivity index (χ0n) is 8.57. The second-order valence-corrected chi connectivity index (χ2v) is 3.84. The van der Waals surface area contributed by atoms with Crippen LogP contribution in [0.15, 0.2) is 24.4 Å². The Bertz CT molecular complexity index is 443. The van der Waals surface area contributed by atoms with Gasteiger partial charge in [-0.2, -0.15) is 5.10 Å². The average Bonchev–Trinajstić information content (AvgIpc) is 2.46. The van der Waals surface area contributed by atoms with Gasteiger partial charge in [0.05, 0.1) is 11.7 Å². The molecule has 0 saturated carbocycles. The van der Waals surface area contributed by atoms with E-state index in [1.54, 1.807) is 0 Å². The van der Waals surface area contributed by atoms with Gasteiger partial charge < -0.3 is 5.73 Å². The highest BCUT2D eigenvalue weighted by molar-refractivity contribution is 5.79. The van der Waals surface area contributed by atoms with Gasteiger partial charge in [0.25, 0.3) is 0 Å². The number of nitrogens with zero attached hydrogens (tertiary/aromatic N) is 2. The topological polar surface area (TPSA) is 43.8 Å². The number of benzene rings is 1. The highest BCUT2D eigenvalue weighted by Gasteiger charge is 2.02. The quantitative estimate of drug-likeness (QED) is 0.777. The van der Waals surface area contributed by atoms with Crippen molar-refractivity contribution in [2.24, 2.45) is 12.8 Å². The lowest BCUT2D eigenvalue weighted by Crippen LogP contribution is -2.17. The Morgan fingerprint density at radius 3 is 3.00 bits per heavy atom. The molecule has 1 unspecified atom stereocenters. The zero-order chi connectivity index (χ0) is 10.1. The Kier molecular flexibility index (Phi) is 2.25. The minimum Gasteiger partial charge on any atom is -0.328 e. The molecule has 2 rings (SSSR count). The Balaban J connectivity index is 2.42. The van der Waals surface area contributed by atoms with Crippen molar-refractivity contribution in [2.75, 3.05) is 0 Å². The van der Waals surface area contributed by atoms with Crippen molar-refractivity contribution >= 4 is 10.9 Å². The van der Waals surface area contributed by atoms with Crippen LogP contribution in [0.4, 0.5) is 0 Å². The second kappa shape index (κ2) is 3.42. The van der Waals surface area contributed by atoms with Crippen molar-refractivity contribution in [1.29, 1.82) is 0 Å². The van der Waals surface area contributed by atoms with Crippen LogP contribution < -0.4 is 5.73 Å². The van der Waals surface area contributed by atoms with Gasteiger partial charge in [0.2, 0.25) is 0 Å². The third kappa shape index (κ3) is 1.63. The van der Waals surface area contributed by atoms with Gasteiger partial charge in [-0.1, -0.05) is 6.07 Å². The Morgan fingerprint density at radius 2 is 2.29 bits per heavy atom. The van der Waals surface area contributed by atoms with Crippen LogP contribution in [0.1, 0.15) is 12.5 Å². The van der Waals surface area contributed by atoms with Gasteiger partial charge in [-0.15, -0.1) is 0 Å². The van der Waals surface area contributed by atoms with E-state index < -0.39 is 0 Å². The zero-order valence-corrected chi connectivity index (χ0v) is 8.57. The fourth-order valence-electron chi connectivity index (χ4n) is 1.71. The molecule has 0 amide bonds. The van der Waals surface area contributed by atoms with E-state index in [1.807, 2.05) is 24.9 Å². The first-order valence-electron chi connectivity index (χ1n) is 4.83. The summed E-state index contributed by atoms with van der Waals surface area (Å²) >= 11 is 0. The molecular formula is C11H15N3. The van der Waals surface area contributed by atoms with Gasteiger partial charge in [0.1, 0.15) is 0 Å².